The summed E-state index contributed by atoms with van der Waals surface area (Å²) in [6, 6.07) is 6.48. The molecule has 5 nitrogen and oxygen atoms in total. The summed E-state index contributed by atoms with van der Waals surface area (Å²) >= 11 is 0. The molecule has 0 aromatic heterocycles. The quantitative estimate of drug-likeness (QED) is 0.561. The number of hydrogen-bond donors (Lipinski definition) is 1. The number of carbonyl (C=O) groups excluding carboxylic acids is 2. The van der Waals surface area contributed by atoms with Crippen LogP contribution in [0.15, 0.2) is 24.3 Å². The third kappa shape index (κ3) is 6.79. The molecule has 0 aliphatic rings. The van der Waals surface area contributed by atoms with Crippen molar-refractivity contribution < 1.29 is 19.1 Å². The molecule has 1 aromatic rings. The van der Waals surface area contributed by atoms with Gasteiger partial charge in [-0.2, -0.15) is 0 Å². The van der Waals surface area contributed by atoms with Crippen LogP contribution in [0.5, 0.6) is 5.75 Å². The molecule has 0 saturated heterocycles. The number of unbranched alkanes of at least 4 members (excludes halogenated alkanes) is 3. The minimum absolute atomic E-state index is 0.0225. The predicted octanol–water partition coefficient (Wildman–Crippen LogP) is 2.55. The Hall–Kier alpha value is -2.04. The topological polar surface area (TPSA) is 64.6 Å². The molecular formula is C16H23NO4. The highest BCUT2D eigenvalue weighted by Gasteiger charge is 2.06. The van der Waals surface area contributed by atoms with Gasteiger partial charge in [-0.05, 0) is 30.7 Å². The zero-order chi connectivity index (χ0) is 15.5. The van der Waals surface area contributed by atoms with Gasteiger partial charge in [0.1, 0.15) is 5.75 Å². The van der Waals surface area contributed by atoms with E-state index in [-0.39, 0.29) is 12.5 Å². The zero-order valence-electron chi connectivity index (χ0n) is 12.7. The fourth-order valence-electron chi connectivity index (χ4n) is 1.78. The molecule has 0 aliphatic heterocycles. The number of carbonyl (C=O) groups is 2. The second-order valence-corrected chi connectivity index (χ2v) is 4.72. The van der Waals surface area contributed by atoms with Crippen molar-refractivity contribution in [1.82, 2.24) is 5.32 Å². The lowest BCUT2D eigenvalue weighted by molar-refractivity contribution is -0.123. The summed E-state index contributed by atoms with van der Waals surface area (Å²) in [7, 11) is 1.33. The molecule has 1 N–H and O–H groups in total. The Morgan fingerprint density at radius 1 is 1.10 bits per heavy atom. The average molecular weight is 293 g/mol. The van der Waals surface area contributed by atoms with Crippen LogP contribution in [0.2, 0.25) is 0 Å². The third-order valence-corrected chi connectivity index (χ3v) is 3.00. The number of hydrogen-bond acceptors (Lipinski definition) is 4. The van der Waals surface area contributed by atoms with Gasteiger partial charge in [-0.1, -0.05) is 26.2 Å². The van der Waals surface area contributed by atoms with Crippen molar-refractivity contribution in [2.75, 3.05) is 20.3 Å². The van der Waals surface area contributed by atoms with Gasteiger partial charge in [0.2, 0.25) is 0 Å². The zero-order valence-corrected chi connectivity index (χ0v) is 12.7. The molecular weight excluding hydrogens is 270 g/mol. The average Bonchev–Trinajstić information content (AvgIpc) is 2.52. The predicted molar refractivity (Wildman–Crippen MR) is 80.4 cm³/mol. The lowest BCUT2D eigenvalue weighted by Gasteiger charge is -2.08. The van der Waals surface area contributed by atoms with Crippen molar-refractivity contribution in [3.05, 3.63) is 29.8 Å². The SMILES string of the molecule is CCCCCCNC(=O)COc1ccc(C(=O)OC)cc1. The highest BCUT2D eigenvalue weighted by molar-refractivity contribution is 5.89. The molecule has 0 spiro atoms. The molecule has 0 saturated carbocycles. The summed E-state index contributed by atoms with van der Waals surface area (Å²) in [4.78, 5) is 22.8. The number of ether oxygens (including phenoxy) is 2. The summed E-state index contributed by atoms with van der Waals surface area (Å²) in [5, 5.41) is 2.81. The molecule has 0 atom stereocenters. The van der Waals surface area contributed by atoms with Crippen molar-refractivity contribution in [2.24, 2.45) is 0 Å². The normalized spacial score (nSPS) is 10.0. The standard InChI is InChI=1S/C16H23NO4/c1-3-4-5-6-11-17-15(18)12-21-14-9-7-13(8-10-14)16(19)20-2/h7-10H,3-6,11-12H2,1-2H3,(H,17,18). The van der Waals surface area contributed by atoms with Gasteiger partial charge in [0, 0.05) is 6.54 Å². The van der Waals surface area contributed by atoms with Crippen LogP contribution in [0.4, 0.5) is 0 Å². The lowest BCUT2D eigenvalue weighted by atomic mass is 10.2. The second kappa shape index (κ2) is 9.80. The van der Waals surface area contributed by atoms with Crippen LogP contribution >= 0.6 is 0 Å². The number of benzene rings is 1. The number of methoxy groups -OCH3 is 1. The Balaban J connectivity index is 2.25. The molecule has 0 unspecified atom stereocenters. The van der Waals surface area contributed by atoms with Gasteiger partial charge in [-0.15, -0.1) is 0 Å². The Kier molecular flexibility index (Phi) is 7.94. The van der Waals surface area contributed by atoms with E-state index in [1.54, 1.807) is 24.3 Å². The number of amides is 1. The number of nitrogens with one attached hydrogen (secondary N) is 1. The van der Waals surface area contributed by atoms with E-state index in [1.807, 2.05) is 0 Å². The van der Waals surface area contributed by atoms with Crippen LogP contribution in [0.25, 0.3) is 0 Å². The van der Waals surface area contributed by atoms with Gasteiger partial charge in [0.05, 0.1) is 12.7 Å². The smallest absolute Gasteiger partial charge is 0.337 e. The molecule has 1 aromatic carbocycles. The molecule has 1 amide bonds. The van der Waals surface area contributed by atoms with Gasteiger partial charge in [-0.25, -0.2) is 4.79 Å². The largest absolute Gasteiger partial charge is 0.484 e. The third-order valence-electron chi connectivity index (χ3n) is 3.00. The lowest BCUT2D eigenvalue weighted by Crippen LogP contribution is -2.29. The minimum Gasteiger partial charge on any atom is -0.484 e. The van der Waals surface area contributed by atoms with Gasteiger partial charge in [-0.3, -0.25) is 4.79 Å². The van der Waals surface area contributed by atoms with Crippen LogP contribution in [-0.4, -0.2) is 32.1 Å². The Labute approximate surface area is 125 Å². The highest BCUT2D eigenvalue weighted by Crippen LogP contribution is 2.12. The van der Waals surface area contributed by atoms with E-state index >= 15 is 0 Å². The van der Waals surface area contributed by atoms with Crippen LogP contribution in [0, 0.1) is 0 Å². The molecule has 0 fully saturated rings. The van der Waals surface area contributed by atoms with E-state index in [1.165, 1.54) is 20.0 Å². The van der Waals surface area contributed by atoms with Gasteiger partial charge < -0.3 is 14.8 Å². The summed E-state index contributed by atoms with van der Waals surface area (Å²) in [5.41, 5.74) is 0.449. The molecule has 1 rings (SSSR count). The molecule has 0 radical (unpaired) electrons. The fraction of sp³-hybridized carbons (Fsp3) is 0.500. The van der Waals surface area contributed by atoms with E-state index < -0.39 is 5.97 Å². The first kappa shape index (κ1) is 17.0. The van der Waals surface area contributed by atoms with Gasteiger partial charge in [0.25, 0.3) is 5.91 Å². The van der Waals surface area contributed by atoms with E-state index in [0.29, 0.717) is 17.9 Å². The first-order valence-electron chi connectivity index (χ1n) is 7.25. The minimum atomic E-state index is -0.397. The van der Waals surface area contributed by atoms with Crippen molar-refractivity contribution >= 4 is 11.9 Å². The Bertz CT molecular complexity index is 442. The van der Waals surface area contributed by atoms with Crippen LogP contribution in [0.1, 0.15) is 43.0 Å². The Morgan fingerprint density at radius 2 is 1.81 bits per heavy atom. The summed E-state index contributed by atoms with van der Waals surface area (Å²) in [6.45, 7) is 2.81. The van der Waals surface area contributed by atoms with Crippen molar-refractivity contribution in [1.29, 1.82) is 0 Å². The molecule has 0 bridgehead atoms. The Morgan fingerprint density at radius 3 is 2.43 bits per heavy atom. The fourth-order valence-corrected chi connectivity index (χ4v) is 1.78. The van der Waals surface area contributed by atoms with E-state index in [9.17, 15) is 9.59 Å². The monoisotopic (exact) mass is 293 g/mol. The summed E-state index contributed by atoms with van der Waals surface area (Å²) < 4.78 is 9.95. The maximum Gasteiger partial charge on any atom is 0.337 e. The molecule has 0 aliphatic carbocycles. The summed E-state index contributed by atoms with van der Waals surface area (Å²) in [6.07, 6.45) is 4.50. The van der Waals surface area contributed by atoms with Gasteiger partial charge in [0.15, 0.2) is 6.61 Å². The van der Waals surface area contributed by atoms with Crippen molar-refractivity contribution in [3.8, 4) is 5.75 Å². The van der Waals surface area contributed by atoms with Crippen LogP contribution < -0.4 is 10.1 Å². The van der Waals surface area contributed by atoms with E-state index in [4.69, 9.17) is 4.74 Å². The van der Waals surface area contributed by atoms with Crippen LogP contribution in [-0.2, 0) is 9.53 Å². The molecule has 116 valence electrons. The molecule has 0 heterocycles. The first-order chi connectivity index (χ1) is 10.2. The molecule has 21 heavy (non-hydrogen) atoms. The maximum atomic E-state index is 11.6. The van der Waals surface area contributed by atoms with Crippen LogP contribution in [0.3, 0.4) is 0 Å². The maximum absolute atomic E-state index is 11.6. The van der Waals surface area contributed by atoms with Crippen molar-refractivity contribution in [2.45, 2.75) is 32.6 Å². The second-order valence-electron chi connectivity index (χ2n) is 4.72. The summed E-state index contributed by atoms with van der Waals surface area (Å²) in [5.74, 6) is 0.0127. The van der Waals surface area contributed by atoms with Gasteiger partial charge >= 0.3 is 5.97 Å². The van der Waals surface area contributed by atoms with E-state index in [2.05, 4.69) is 17.0 Å². The highest BCUT2D eigenvalue weighted by atomic mass is 16.5. The van der Waals surface area contributed by atoms with E-state index in [0.717, 1.165) is 12.8 Å². The number of rotatable bonds is 9. The number of esters is 1. The molecule has 5 heteroatoms. The van der Waals surface area contributed by atoms with Crippen molar-refractivity contribution in [3.63, 3.8) is 0 Å². The first-order valence-corrected chi connectivity index (χ1v) is 7.25.